The van der Waals surface area contributed by atoms with Crippen molar-refractivity contribution in [1.82, 2.24) is 25.1 Å². The van der Waals surface area contributed by atoms with E-state index in [2.05, 4.69) is 25.1 Å². The summed E-state index contributed by atoms with van der Waals surface area (Å²) < 4.78 is 33.6. The maximum atomic E-state index is 14.3. The van der Waals surface area contributed by atoms with Crippen LogP contribution in [0.4, 0.5) is 8.78 Å². The molecule has 1 aliphatic rings. The second-order valence-corrected chi connectivity index (χ2v) is 7.40. The van der Waals surface area contributed by atoms with Crippen LogP contribution in [0.5, 0.6) is 5.75 Å². The van der Waals surface area contributed by atoms with E-state index in [9.17, 15) is 8.78 Å². The van der Waals surface area contributed by atoms with Gasteiger partial charge in [0, 0.05) is 18.7 Å². The molecule has 1 saturated heterocycles. The minimum Gasteiger partial charge on any atom is -0.493 e. The number of H-pyrrole nitrogens is 2. The Morgan fingerprint density at radius 2 is 1.93 bits per heavy atom. The summed E-state index contributed by atoms with van der Waals surface area (Å²) in [6, 6.07) is 7.67. The molecule has 0 unspecified atom stereocenters. The molecule has 2 N–H and O–H groups in total. The van der Waals surface area contributed by atoms with E-state index in [0.29, 0.717) is 23.6 Å². The maximum Gasteiger partial charge on any atom is 0.159 e. The first-order chi connectivity index (χ1) is 14.2. The average molecular weight is 397 g/mol. The molecule has 2 aromatic carbocycles. The summed E-state index contributed by atoms with van der Waals surface area (Å²) in [5.41, 5.74) is 2.11. The van der Waals surface area contributed by atoms with Crippen molar-refractivity contribution in [1.29, 1.82) is 0 Å². The molecule has 5 rings (SSSR count). The van der Waals surface area contributed by atoms with Crippen molar-refractivity contribution in [3.05, 3.63) is 42.0 Å². The highest BCUT2D eigenvalue weighted by Gasteiger charge is 2.17. The molecule has 29 heavy (non-hydrogen) atoms. The van der Waals surface area contributed by atoms with E-state index in [0.717, 1.165) is 35.8 Å². The van der Waals surface area contributed by atoms with Crippen LogP contribution in [-0.2, 0) is 0 Å². The zero-order chi connectivity index (χ0) is 19.8. The first-order valence-corrected chi connectivity index (χ1v) is 9.86. The molecule has 0 radical (unpaired) electrons. The number of aromatic amines is 2. The van der Waals surface area contributed by atoms with Gasteiger partial charge in [-0.3, -0.25) is 5.10 Å². The Balaban J connectivity index is 1.34. The maximum absolute atomic E-state index is 14.3. The number of hydrogen-bond donors (Lipinski definition) is 2. The molecule has 1 aliphatic heterocycles. The van der Waals surface area contributed by atoms with Gasteiger partial charge in [0.2, 0.25) is 0 Å². The van der Waals surface area contributed by atoms with E-state index in [1.807, 2.05) is 18.2 Å². The molecule has 150 valence electrons. The van der Waals surface area contributed by atoms with Crippen molar-refractivity contribution in [3.8, 4) is 17.3 Å². The lowest BCUT2D eigenvalue weighted by atomic mass is 10.2. The summed E-state index contributed by atoms with van der Waals surface area (Å²) in [5.74, 6) is -0.148. The summed E-state index contributed by atoms with van der Waals surface area (Å²) in [5, 5.41) is 7.00. The van der Waals surface area contributed by atoms with E-state index in [1.165, 1.54) is 32.0 Å². The molecule has 6 nitrogen and oxygen atoms in total. The zero-order valence-electron chi connectivity index (χ0n) is 15.8. The van der Waals surface area contributed by atoms with Gasteiger partial charge in [-0.25, -0.2) is 13.8 Å². The fourth-order valence-electron chi connectivity index (χ4n) is 3.92. The van der Waals surface area contributed by atoms with Crippen LogP contribution in [0.3, 0.4) is 0 Å². The van der Waals surface area contributed by atoms with Crippen LogP contribution in [0.2, 0.25) is 0 Å². The predicted octanol–water partition coefficient (Wildman–Crippen LogP) is 4.25. The van der Waals surface area contributed by atoms with Gasteiger partial charge in [0.25, 0.3) is 0 Å². The number of imidazole rings is 1. The van der Waals surface area contributed by atoms with E-state index in [-0.39, 0.29) is 5.39 Å². The third-order valence-electron chi connectivity index (χ3n) is 5.34. The van der Waals surface area contributed by atoms with Crippen molar-refractivity contribution in [2.75, 3.05) is 26.2 Å². The third kappa shape index (κ3) is 3.55. The monoisotopic (exact) mass is 397 g/mol. The van der Waals surface area contributed by atoms with Crippen LogP contribution in [-0.4, -0.2) is 51.3 Å². The van der Waals surface area contributed by atoms with Gasteiger partial charge >= 0.3 is 0 Å². The van der Waals surface area contributed by atoms with Crippen LogP contribution in [0, 0.1) is 11.6 Å². The fraction of sp³-hybridized carbons (Fsp3) is 0.333. The molecule has 4 aromatic rings. The number of hydrogen-bond acceptors (Lipinski definition) is 4. The van der Waals surface area contributed by atoms with Crippen LogP contribution in [0.15, 0.2) is 30.3 Å². The molecule has 0 bridgehead atoms. The van der Waals surface area contributed by atoms with Gasteiger partial charge < -0.3 is 14.6 Å². The molecule has 1 fully saturated rings. The molecule has 3 heterocycles. The second-order valence-electron chi connectivity index (χ2n) is 7.40. The largest absolute Gasteiger partial charge is 0.493 e. The number of likely N-dealkylation sites (tertiary alicyclic amines) is 1. The van der Waals surface area contributed by atoms with E-state index in [1.54, 1.807) is 0 Å². The summed E-state index contributed by atoms with van der Waals surface area (Å²) in [7, 11) is 0. The molecular weight excluding hydrogens is 376 g/mol. The van der Waals surface area contributed by atoms with Gasteiger partial charge in [-0.15, -0.1) is 0 Å². The minimum atomic E-state index is -0.675. The number of nitrogens with one attached hydrogen (secondary N) is 2. The quantitative estimate of drug-likeness (QED) is 0.477. The van der Waals surface area contributed by atoms with Crippen molar-refractivity contribution in [3.63, 3.8) is 0 Å². The lowest BCUT2D eigenvalue weighted by Crippen LogP contribution is -2.21. The number of nitrogens with zero attached hydrogens (tertiary/aromatic N) is 3. The Morgan fingerprint density at radius 3 is 2.79 bits per heavy atom. The molecule has 0 spiro atoms. The van der Waals surface area contributed by atoms with Crippen LogP contribution < -0.4 is 4.74 Å². The number of benzene rings is 2. The van der Waals surface area contributed by atoms with Gasteiger partial charge in [0.1, 0.15) is 23.1 Å². The van der Waals surface area contributed by atoms with Crippen LogP contribution in [0.1, 0.15) is 19.3 Å². The van der Waals surface area contributed by atoms with Gasteiger partial charge in [0.05, 0.1) is 28.5 Å². The Hall–Kier alpha value is -3.00. The topological polar surface area (TPSA) is 69.8 Å². The average Bonchev–Trinajstić information content (AvgIpc) is 3.43. The summed E-state index contributed by atoms with van der Waals surface area (Å²) in [6.45, 7) is 4.11. The van der Waals surface area contributed by atoms with Crippen molar-refractivity contribution in [2.24, 2.45) is 0 Å². The number of ether oxygens (including phenoxy) is 1. The van der Waals surface area contributed by atoms with Gasteiger partial charge in [-0.05, 0) is 50.6 Å². The molecule has 0 aliphatic carbocycles. The number of aromatic nitrogens is 4. The zero-order valence-corrected chi connectivity index (χ0v) is 15.8. The fourth-order valence-corrected chi connectivity index (χ4v) is 3.92. The lowest BCUT2D eigenvalue weighted by molar-refractivity contribution is 0.263. The highest BCUT2D eigenvalue weighted by molar-refractivity contribution is 5.93. The Morgan fingerprint density at radius 1 is 1.07 bits per heavy atom. The molecule has 0 amide bonds. The van der Waals surface area contributed by atoms with Crippen molar-refractivity contribution >= 4 is 21.9 Å². The van der Waals surface area contributed by atoms with Gasteiger partial charge in [-0.1, -0.05) is 0 Å². The standard InChI is InChI=1S/C21H21F2N5O/c22-13-10-15(23)19-18(11-13)26-27-20(19)21-24-16-5-4-14(12-17(16)25-21)29-9-3-8-28-6-1-2-7-28/h4-5,10-12H,1-3,6-9H2,(H,24,25)(H,26,27). The summed E-state index contributed by atoms with van der Waals surface area (Å²) in [4.78, 5) is 10.1. The van der Waals surface area contributed by atoms with Gasteiger partial charge in [0.15, 0.2) is 5.82 Å². The molecular formula is C21H21F2N5O. The summed E-state index contributed by atoms with van der Waals surface area (Å²) >= 11 is 0. The predicted molar refractivity (Wildman–Crippen MR) is 107 cm³/mol. The first-order valence-electron chi connectivity index (χ1n) is 9.86. The number of rotatable bonds is 6. The van der Waals surface area contributed by atoms with Crippen LogP contribution >= 0.6 is 0 Å². The highest BCUT2D eigenvalue weighted by atomic mass is 19.1. The Labute approximate surface area is 165 Å². The highest BCUT2D eigenvalue weighted by Crippen LogP contribution is 2.29. The SMILES string of the molecule is Fc1cc(F)c2c(-c3nc4ccc(OCCCN5CCCC5)cc4[nH]3)n[nH]c2c1. The molecule has 0 saturated carbocycles. The normalized spacial score (nSPS) is 15.0. The third-order valence-corrected chi connectivity index (χ3v) is 5.34. The smallest absolute Gasteiger partial charge is 0.159 e. The molecule has 8 heteroatoms. The lowest BCUT2D eigenvalue weighted by Gasteiger charge is -2.14. The number of halogens is 2. The Bertz CT molecular complexity index is 1160. The minimum absolute atomic E-state index is 0.212. The van der Waals surface area contributed by atoms with Crippen molar-refractivity contribution < 1.29 is 13.5 Å². The Kier molecular flexibility index (Phi) is 4.63. The van der Waals surface area contributed by atoms with Crippen molar-refractivity contribution in [2.45, 2.75) is 19.3 Å². The second kappa shape index (κ2) is 7.44. The van der Waals surface area contributed by atoms with E-state index >= 15 is 0 Å². The van der Waals surface area contributed by atoms with Crippen LogP contribution in [0.25, 0.3) is 33.5 Å². The van der Waals surface area contributed by atoms with E-state index in [4.69, 9.17) is 4.74 Å². The first kappa shape index (κ1) is 18.1. The van der Waals surface area contributed by atoms with Gasteiger partial charge in [-0.2, -0.15) is 5.10 Å². The molecule has 0 atom stereocenters. The van der Waals surface area contributed by atoms with E-state index < -0.39 is 11.6 Å². The molecule has 2 aromatic heterocycles. The number of fused-ring (bicyclic) bond motifs is 2. The summed E-state index contributed by atoms with van der Waals surface area (Å²) in [6.07, 6.45) is 3.58.